The number of guanidine groups is 1. The Morgan fingerprint density at radius 3 is 2.03 bits per heavy atom. The Balaban J connectivity index is 0.00000450. The quantitative estimate of drug-likeness (QED) is 0.332. The molecule has 0 saturated heterocycles. The molecule has 0 fully saturated rings. The van der Waals surface area contributed by atoms with Crippen molar-refractivity contribution in [3.63, 3.8) is 0 Å². The van der Waals surface area contributed by atoms with Crippen LogP contribution in [-0.2, 0) is 17.9 Å². The molecule has 162 valence electrons. The third-order valence-corrected chi connectivity index (χ3v) is 4.24. The summed E-state index contributed by atoms with van der Waals surface area (Å²) in [4.78, 5) is 31.5. The Morgan fingerprint density at radius 1 is 0.833 bits per heavy atom. The molecular weight excluding hydrogens is 493 g/mol. The number of hydrogen-bond donors (Lipinski definition) is 2. The minimum Gasteiger partial charge on any atom is -0.352 e. The zero-order valence-corrected chi connectivity index (χ0v) is 20.2. The SMILES string of the molecule is CN(C)C(=O)CNC(=NCc1ccccc1)NCc1ccc(C(=O)N(C)C)cc1.I. The molecule has 0 aliphatic carbocycles. The average Bonchev–Trinajstić information content (AvgIpc) is 2.73. The highest BCUT2D eigenvalue weighted by Crippen LogP contribution is 2.06. The van der Waals surface area contributed by atoms with E-state index in [4.69, 9.17) is 0 Å². The van der Waals surface area contributed by atoms with Crippen molar-refractivity contribution in [1.29, 1.82) is 0 Å². The van der Waals surface area contributed by atoms with E-state index < -0.39 is 0 Å². The number of rotatable bonds is 7. The van der Waals surface area contributed by atoms with Gasteiger partial charge < -0.3 is 20.4 Å². The summed E-state index contributed by atoms with van der Waals surface area (Å²) in [6, 6.07) is 17.3. The van der Waals surface area contributed by atoms with Gasteiger partial charge in [-0.1, -0.05) is 42.5 Å². The molecule has 0 aromatic heterocycles. The van der Waals surface area contributed by atoms with Crippen molar-refractivity contribution in [3.8, 4) is 0 Å². The number of likely N-dealkylation sites (N-methyl/N-ethyl adjacent to an activating group) is 1. The average molecular weight is 523 g/mol. The van der Waals surface area contributed by atoms with Crippen LogP contribution in [0.25, 0.3) is 0 Å². The largest absolute Gasteiger partial charge is 0.352 e. The Labute approximate surface area is 195 Å². The molecule has 0 unspecified atom stereocenters. The number of nitrogens with zero attached hydrogens (tertiary/aromatic N) is 3. The fourth-order valence-corrected chi connectivity index (χ4v) is 2.45. The van der Waals surface area contributed by atoms with Gasteiger partial charge in [0.05, 0.1) is 13.1 Å². The second-order valence-corrected chi connectivity index (χ2v) is 7.04. The highest BCUT2D eigenvalue weighted by atomic mass is 127. The van der Waals surface area contributed by atoms with Crippen LogP contribution < -0.4 is 10.6 Å². The van der Waals surface area contributed by atoms with Gasteiger partial charge >= 0.3 is 0 Å². The minimum atomic E-state index is -0.0363. The van der Waals surface area contributed by atoms with Crippen LogP contribution in [-0.4, -0.2) is 62.3 Å². The van der Waals surface area contributed by atoms with Crippen LogP contribution in [0.3, 0.4) is 0 Å². The third-order valence-electron chi connectivity index (χ3n) is 4.24. The molecule has 0 spiro atoms. The van der Waals surface area contributed by atoms with Crippen molar-refractivity contribution >= 4 is 41.8 Å². The fourth-order valence-electron chi connectivity index (χ4n) is 2.45. The van der Waals surface area contributed by atoms with Gasteiger partial charge in [-0.15, -0.1) is 24.0 Å². The standard InChI is InChI=1S/C22H29N5O2.HI/c1-26(2)20(28)16-25-22(23-14-17-8-6-5-7-9-17)24-15-18-10-12-19(13-11-18)21(29)27(3)4;/h5-13H,14-16H2,1-4H3,(H2,23,24,25);1H. The Bertz CT molecular complexity index is 836. The van der Waals surface area contributed by atoms with Gasteiger partial charge in [0, 0.05) is 40.3 Å². The Kier molecular flexibility index (Phi) is 10.9. The number of hydrogen-bond acceptors (Lipinski definition) is 3. The molecule has 0 heterocycles. The van der Waals surface area contributed by atoms with Crippen molar-refractivity contribution in [2.75, 3.05) is 34.7 Å². The molecule has 2 aromatic rings. The van der Waals surface area contributed by atoms with Gasteiger partial charge in [-0.3, -0.25) is 9.59 Å². The molecule has 0 aliphatic heterocycles. The molecule has 30 heavy (non-hydrogen) atoms. The van der Waals surface area contributed by atoms with Crippen LogP contribution >= 0.6 is 24.0 Å². The summed E-state index contributed by atoms with van der Waals surface area (Å²) >= 11 is 0. The van der Waals surface area contributed by atoms with Gasteiger partial charge in [-0.05, 0) is 23.3 Å². The number of carbonyl (C=O) groups excluding carboxylic acids is 2. The van der Waals surface area contributed by atoms with E-state index in [2.05, 4.69) is 15.6 Å². The van der Waals surface area contributed by atoms with Crippen molar-refractivity contribution < 1.29 is 9.59 Å². The monoisotopic (exact) mass is 523 g/mol. The normalized spacial score (nSPS) is 10.6. The molecule has 2 N–H and O–H groups in total. The van der Waals surface area contributed by atoms with Crippen molar-refractivity contribution in [2.24, 2.45) is 4.99 Å². The fraction of sp³-hybridized carbons (Fsp3) is 0.318. The zero-order valence-electron chi connectivity index (χ0n) is 17.9. The van der Waals surface area contributed by atoms with E-state index in [0.717, 1.165) is 11.1 Å². The first-order valence-electron chi connectivity index (χ1n) is 9.43. The van der Waals surface area contributed by atoms with E-state index >= 15 is 0 Å². The van der Waals surface area contributed by atoms with E-state index in [0.29, 0.717) is 24.6 Å². The molecule has 2 rings (SSSR count). The molecule has 0 atom stereocenters. The van der Waals surface area contributed by atoms with E-state index in [1.165, 1.54) is 4.90 Å². The Morgan fingerprint density at radius 2 is 1.47 bits per heavy atom. The molecule has 7 nitrogen and oxygen atoms in total. The summed E-state index contributed by atoms with van der Waals surface area (Å²) in [6.07, 6.45) is 0. The summed E-state index contributed by atoms with van der Waals surface area (Å²) < 4.78 is 0. The highest BCUT2D eigenvalue weighted by Gasteiger charge is 2.08. The number of nitrogens with one attached hydrogen (secondary N) is 2. The lowest BCUT2D eigenvalue weighted by Gasteiger charge is -2.15. The maximum atomic E-state index is 12.0. The number of amides is 2. The summed E-state index contributed by atoms with van der Waals surface area (Å²) in [5.74, 6) is 0.488. The highest BCUT2D eigenvalue weighted by molar-refractivity contribution is 14.0. The molecule has 0 radical (unpaired) electrons. The maximum absolute atomic E-state index is 12.0. The molecule has 2 amide bonds. The maximum Gasteiger partial charge on any atom is 0.253 e. The lowest BCUT2D eigenvalue weighted by atomic mass is 10.1. The van der Waals surface area contributed by atoms with Crippen molar-refractivity contribution in [2.45, 2.75) is 13.1 Å². The zero-order chi connectivity index (χ0) is 21.2. The van der Waals surface area contributed by atoms with Crippen LogP contribution in [0.5, 0.6) is 0 Å². The van der Waals surface area contributed by atoms with Crippen molar-refractivity contribution in [1.82, 2.24) is 20.4 Å². The molecule has 2 aromatic carbocycles. The lowest BCUT2D eigenvalue weighted by molar-refractivity contribution is -0.127. The van der Waals surface area contributed by atoms with Gasteiger partial charge in [-0.25, -0.2) is 4.99 Å². The van der Waals surface area contributed by atoms with Crippen LogP contribution in [0.1, 0.15) is 21.5 Å². The number of carbonyl (C=O) groups is 2. The molecule has 0 bridgehead atoms. The molecular formula is C22H30IN5O2. The lowest BCUT2D eigenvalue weighted by Crippen LogP contribution is -2.42. The van der Waals surface area contributed by atoms with E-state index in [-0.39, 0.29) is 42.3 Å². The summed E-state index contributed by atoms with van der Waals surface area (Å²) in [6.45, 7) is 1.18. The van der Waals surface area contributed by atoms with Gasteiger partial charge in [-0.2, -0.15) is 0 Å². The molecule has 8 heteroatoms. The molecule has 0 aliphatic rings. The second-order valence-electron chi connectivity index (χ2n) is 7.04. The van der Waals surface area contributed by atoms with Gasteiger partial charge in [0.1, 0.15) is 0 Å². The third kappa shape index (κ3) is 8.40. The number of halogens is 1. The van der Waals surface area contributed by atoms with E-state index in [1.54, 1.807) is 33.1 Å². The van der Waals surface area contributed by atoms with Crippen LogP contribution in [0.15, 0.2) is 59.6 Å². The van der Waals surface area contributed by atoms with Crippen LogP contribution in [0, 0.1) is 0 Å². The smallest absolute Gasteiger partial charge is 0.253 e. The first kappa shape index (κ1) is 25.4. The first-order valence-corrected chi connectivity index (χ1v) is 9.43. The summed E-state index contributed by atoms with van der Waals surface area (Å²) in [5, 5.41) is 6.32. The topological polar surface area (TPSA) is 77.0 Å². The van der Waals surface area contributed by atoms with E-state index in [1.807, 2.05) is 54.6 Å². The van der Waals surface area contributed by atoms with E-state index in [9.17, 15) is 9.59 Å². The van der Waals surface area contributed by atoms with Gasteiger partial charge in [0.2, 0.25) is 5.91 Å². The number of aliphatic imine (C=N–C) groups is 1. The second kappa shape index (κ2) is 12.8. The van der Waals surface area contributed by atoms with Crippen LogP contribution in [0.4, 0.5) is 0 Å². The predicted octanol–water partition coefficient (Wildman–Crippen LogP) is 2.33. The molecule has 0 saturated carbocycles. The van der Waals surface area contributed by atoms with Gasteiger partial charge in [0.25, 0.3) is 5.91 Å². The first-order chi connectivity index (χ1) is 13.9. The predicted molar refractivity (Wildman–Crippen MR) is 131 cm³/mol. The number of benzene rings is 2. The van der Waals surface area contributed by atoms with Gasteiger partial charge in [0.15, 0.2) is 5.96 Å². The minimum absolute atomic E-state index is 0. The van der Waals surface area contributed by atoms with Crippen molar-refractivity contribution in [3.05, 3.63) is 71.3 Å². The van der Waals surface area contributed by atoms with Crippen LogP contribution in [0.2, 0.25) is 0 Å². The Hall–Kier alpha value is -2.62. The summed E-state index contributed by atoms with van der Waals surface area (Å²) in [5.41, 5.74) is 2.74. The summed E-state index contributed by atoms with van der Waals surface area (Å²) in [7, 11) is 6.89.